The highest BCUT2D eigenvalue weighted by Gasteiger charge is 2.12. The zero-order valence-electron chi connectivity index (χ0n) is 8.19. The van der Waals surface area contributed by atoms with Crippen molar-refractivity contribution in [2.45, 2.75) is 11.8 Å². The lowest BCUT2D eigenvalue weighted by Crippen LogP contribution is -2.32. The predicted molar refractivity (Wildman–Crippen MR) is 66.0 cm³/mol. The zero-order valence-corrected chi connectivity index (χ0v) is 10.5. The van der Waals surface area contributed by atoms with Crippen molar-refractivity contribution in [1.29, 1.82) is 0 Å². The van der Waals surface area contributed by atoms with Crippen LogP contribution >= 0.6 is 35.0 Å². The fraction of sp³-hybridized carbons (Fsp3) is 0.333. The first-order valence-electron chi connectivity index (χ1n) is 4.37. The van der Waals surface area contributed by atoms with E-state index in [1.807, 2.05) is 0 Å². The fourth-order valence-corrected chi connectivity index (χ4v) is 2.26. The van der Waals surface area contributed by atoms with Crippen LogP contribution in [-0.4, -0.2) is 27.9 Å². The van der Waals surface area contributed by atoms with Crippen molar-refractivity contribution >= 4 is 40.9 Å². The van der Waals surface area contributed by atoms with E-state index in [1.165, 1.54) is 11.8 Å². The molecule has 3 N–H and O–H groups in total. The van der Waals surface area contributed by atoms with Gasteiger partial charge in [0.2, 0.25) is 0 Å². The van der Waals surface area contributed by atoms with Gasteiger partial charge in [0.1, 0.15) is 11.2 Å². The molecule has 1 heterocycles. The van der Waals surface area contributed by atoms with Gasteiger partial charge in [0.15, 0.2) is 0 Å². The molecular formula is C9H10Cl2N2O2S. The largest absolute Gasteiger partial charge is 0.480 e. The van der Waals surface area contributed by atoms with Gasteiger partial charge in [-0.3, -0.25) is 4.79 Å². The van der Waals surface area contributed by atoms with Crippen LogP contribution in [-0.2, 0) is 10.5 Å². The molecule has 0 aliphatic heterocycles. The summed E-state index contributed by atoms with van der Waals surface area (Å²) in [6.45, 7) is 0. The minimum Gasteiger partial charge on any atom is -0.480 e. The molecule has 0 aromatic carbocycles. The van der Waals surface area contributed by atoms with Gasteiger partial charge in [0.25, 0.3) is 0 Å². The van der Waals surface area contributed by atoms with Crippen molar-refractivity contribution in [3.8, 4) is 0 Å². The molecule has 0 aliphatic carbocycles. The summed E-state index contributed by atoms with van der Waals surface area (Å²) in [6.07, 6.45) is 0. The van der Waals surface area contributed by atoms with Crippen LogP contribution in [0.5, 0.6) is 0 Å². The quantitative estimate of drug-likeness (QED) is 0.808. The Morgan fingerprint density at radius 1 is 1.56 bits per heavy atom. The lowest BCUT2D eigenvalue weighted by Gasteiger charge is -2.06. The van der Waals surface area contributed by atoms with Crippen molar-refractivity contribution in [2.24, 2.45) is 5.73 Å². The first-order valence-corrected chi connectivity index (χ1v) is 6.29. The van der Waals surface area contributed by atoms with Crippen molar-refractivity contribution in [1.82, 2.24) is 4.98 Å². The van der Waals surface area contributed by atoms with Crippen LogP contribution in [0.3, 0.4) is 0 Å². The average molecular weight is 281 g/mol. The van der Waals surface area contributed by atoms with Crippen molar-refractivity contribution in [2.75, 3.05) is 5.75 Å². The Morgan fingerprint density at radius 2 is 2.25 bits per heavy atom. The number of aliphatic carboxylic acids is 1. The second kappa shape index (κ2) is 6.30. The van der Waals surface area contributed by atoms with Crippen LogP contribution in [0.4, 0.5) is 0 Å². The summed E-state index contributed by atoms with van der Waals surface area (Å²) in [6, 6.07) is 2.38. The maximum Gasteiger partial charge on any atom is 0.321 e. The molecule has 0 unspecified atom stereocenters. The van der Waals surface area contributed by atoms with E-state index >= 15 is 0 Å². The normalized spacial score (nSPS) is 12.4. The molecule has 16 heavy (non-hydrogen) atoms. The minimum atomic E-state index is -1.02. The second-order valence-electron chi connectivity index (χ2n) is 3.02. The SMILES string of the molecule is N[C@@H](CSCc1nc(Cl)ccc1Cl)C(=O)O. The molecule has 0 aliphatic rings. The first-order chi connectivity index (χ1) is 7.50. The van der Waals surface area contributed by atoms with Crippen LogP contribution in [0.15, 0.2) is 12.1 Å². The third-order valence-electron chi connectivity index (χ3n) is 1.74. The summed E-state index contributed by atoms with van der Waals surface area (Å²) in [5.74, 6) is -0.224. The highest BCUT2D eigenvalue weighted by molar-refractivity contribution is 7.98. The summed E-state index contributed by atoms with van der Waals surface area (Å²) >= 11 is 13.0. The van der Waals surface area contributed by atoms with Gasteiger partial charge in [0, 0.05) is 11.5 Å². The highest BCUT2D eigenvalue weighted by Crippen LogP contribution is 2.21. The zero-order chi connectivity index (χ0) is 12.1. The summed E-state index contributed by atoms with van der Waals surface area (Å²) in [4.78, 5) is 14.5. The van der Waals surface area contributed by atoms with Crippen LogP contribution < -0.4 is 5.73 Å². The Kier molecular flexibility index (Phi) is 5.34. The average Bonchev–Trinajstić information content (AvgIpc) is 2.22. The summed E-state index contributed by atoms with van der Waals surface area (Å²) in [7, 11) is 0. The van der Waals surface area contributed by atoms with E-state index in [1.54, 1.807) is 12.1 Å². The number of carbonyl (C=O) groups is 1. The van der Waals surface area contributed by atoms with Gasteiger partial charge in [-0.25, -0.2) is 4.98 Å². The number of carboxylic acids is 1. The number of hydrogen-bond donors (Lipinski definition) is 2. The van der Waals surface area contributed by atoms with E-state index in [0.717, 1.165) is 0 Å². The van der Waals surface area contributed by atoms with Gasteiger partial charge in [-0.05, 0) is 12.1 Å². The fourth-order valence-electron chi connectivity index (χ4n) is 0.913. The summed E-state index contributed by atoms with van der Waals surface area (Å²) < 4.78 is 0. The summed E-state index contributed by atoms with van der Waals surface area (Å²) in [5.41, 5.74) is 5.98. The lowest BCUT2D eigenvalue weighted by molar-refractivity contribution is -0.137. The van der Waals surface area contributed by atoms with Crippen molar-refractivity contribution in [3.05, 3.63) is 28.0 Å². The number of hydrogen-bond acceptors (Lipinski definition) is 4. The summed E-state index contributed by atoms with van der Waals surface area (Å²) in [5, 5.41) is 9.45. The molecule has 7 heteroatoms. The Labute approximate surface area is 107 Å². The first kappa shape index (κ1) is 13.6. The number of carboxylic acid groups (broad SMARTS) is 1. The number of aromatic nitrogens is 1. The monoisotopic (exact) mass is 280 g/mol. The maximum absolute atomic E-state index is 10.5. The minimum absolute atomic E-state index is 0.305. The van der Waals surface area contributed by atoms with Gasteiger partial charge in [-0.2, -0.15) is 11.8 Å². The second-order valence-corrected chi connectivity index (χ2v) is 4.85. The lowest BCUT2D eigenvalue weighted by atomic mass is 10.4. The van der Waals surface area contributed by atoms with Gasteiger partial charge >= 0.3 is 5.97 Å². The molecular weight excluding hydrogens is 271 g/mol. The topological polar surface area (TPSA) is 76.2 Å². The molecule has 0 fully saturated rings. The van der Waals surface area contributed by atoms with E-state index in [0.29, 0.717) is 27.4 Å². The molecule has 0 bridgehead atoms. The van der Waals surface area contributed by atoms with Crippen LogP contribution in [0.25, 0.3) is 0 Å². The third kappa shape index (κ3) is 4.17. The van der Waals surface area contributed by atoms with Gasteiger partial charge < -0.3 is 10.8 Å². The predicted octanol–water partition coefficient (Wildman–Crippen LogP) is 2.03. The van der Waals surface area contributed by atoms with Crippen molar-refractivity contribution in [3.63, 3.8) is 0 Å². The molecule has 4 nitrogen and oxygen atoms in total. The smallest absolute Gasteiger partial charge is 0.321 e. The number of halogens is 2. The van der Waals surface area contributed by atoms with Crippen LogP contribution in [0, 0.1) is 0 Å². The van der Waals surface area contributed by atoms with E-state index in [2.05, 4.69) is 4.98 Å². The molecule has 1 rings (SSSR count). The Bertz CT molecular complexity index is 390. The number of nitrogens with zero attached hydrogens (tertiary/aromatic N) is 1. The van der Waals surface area contributed by atoms with E-state index in [9.17, 15) is 4.79 Å². The Hall–Kier alpha value is -0.490. The number of thioether (sulfide) groups is 1. The highest BCUT2D eigenvalue weighted by atomic mass is 35.5. The number of pyridine rings is 1. The maximum atomic E-state index is 10.5. The van der Waals surface area contributed by atoms with Crippen LogP contribution in [0.2, 0.25) is 10.2 Å². The van der Waals surface area contributed by atoms with E-state index in [-0.39, 0.29) is 0 Å². The van der Waals surface area contributed by atoms with E-state index in [4.69, 9.17) is 34.0 Å². The molecule has 88 valence electrons. The molecule has 0 amide bonds. The van der Waals surface area contributed by atoms with E-state index < -0.39 is 12.0 Å². The van der Waals surface area contributed by atoms with Gasteiger partial charge in [-0.15, -0.1) is 0 Å². The molecule has 1 atom stereocenters. The van der Waals surface area contributed by atoms with Gasteiger partial charge in [-0.1, -0.05) is 23.2 Å². The Balaban J connectivity index is 2.48. The molecule has 0 spiro atoms. The Morgan fingerprint density at radius 3 is 2.88 bits per heavy atom. The molecule has 0 saturated carbocycles. The molecule has 0 radical (unpaired) electrons. The third-order valence-corrected chi connectivity index (χ3v) is 3.37. The number of nitrogens with two attached hydrogens (primary N) is 1. The molecule has 1 aromatic rings. The van der Waals surface area contributed by atoms with Crippen LogP contribution in [0.1, 0.15) is 5.69 Å². The van der Waals surface area contributed by atoms with Crippen molar-refractivity contribution < 1.29 is 9.90 Å². The molecule has 1 aromatic heterocycles. The number of rotatable bonds is 5. The standard InChI is InChI=1S/C9H10Cl2N2O2S/c10-5-1-2-8(11)13-7(5)4-16-3-6(12)9(14)15/h1-2,6H,3-4,12H2,(H,14,15)/t6-/m0/s1. The molecule has 0 saturated heterocycles. The van der Waals surface area contributed by atoms with Gasteiger partial charge in [0.05, 0.1) is 10.7 Å².